The van der Waals surface area contributed by atoms with E-state index in [-0.39, 0.29) is 5.82 Å². The van der Waals surface area contributed by atoms with Gasteiger partial charge in [-0.25, -0.2) is 4.39 Å². The molecule has 3 heteroatoms. The zero-order chi connectivity index (χ0) is 14.8. The molecule has 2 N–H and O–H groups in total. The van der Waals surface area contributed by atoms with E-state index in [1.165, 1.54) is 18.9 Å². The third kappa shape index (κ3) is 4.29. The highest BCUT2D eigenvalue weighted by Crippen LogP contribution is 2.38. The first kappa shape index (κ1) is 15.5. The summed E-state index contributed by atoms with van der Waals surface area (Å²) in [5.74, 6) is 0.378. The molecule has 1 saturated carbocycles. The van der Waals surface area contributed by atoms with Gasteiger partial charge in [0, 0.05) is 19.1 Å². The second kappa shape index (κ2) is 6.23. The van der Waals surface area contributed by atoms with Crippen LogP contribution in [0.3, 0.4) is 0 Å². The maximum atomic E-state index is 13.2. The molecular formula is C17H27FN2. The van der Waals surface area contributed by atoms with E-state index in [1.807, 2.05) is 6.07 Å². The third-order valence-corrected chi connectivity index (χ3v) is 4.46. The van der Waals surface area contributed by atoms with E-state index >= 15 is 0 Å². The van der Waals surface area contributed by atoms with Crippen LogP contribution >= 0.6 is 0 Å². The molecule has 0 amide bonds. The zero-order valence-electron chi connectivity index (χ0n) is 12.9. The summed E-state index contributed by atoms with van der Waals surface area (Å²) < 4.78 is 13.2. The van der Waals surface area contributed by atoms with Gasteiger partial charge in [-0.1, -0.05) is 26.0 Å². The van der Waals surface area contributed by atoms with Crippen LogP contribution in [0.1, 0.15) is 38.7 Å². The Morgan fingerprint density at radius 1 is 1.40 bits per heavy atom. The maximum absolute atomic E-state index is 13.2. The van der Waals surface area contributed by atoms with Crippen LogP contribution in [0.2, 0.25) is 0 Å². The van der Waals surface area contributed by atoms with Crippen molar-refractivity contribution in [2.45, 2.75) is 45.7 Å². The highest BCUT2D eigenvalue weighted by atomic mass is 19.1. The topological polar surface area (TPSA) is 29.3 Å². The number of benzene rings is 1. The first-order chi connectivity index (χ1) is 9.35. The van der Waals surface area contributed by atoms with Crippen LogP contribution in [0.25, 0.3) is 0 Å². The van der Waals surface area contributed by atoms with Crippen LogP contribution in [0.5, 0.6) is 0 Å². The molecule has 1 fully saturated rings. The van der Waals surface area contributed by atoms with E-state index in [9.17, 15) is 4.39 Å². The van der Waals surface area contributed by atoms with Gasteiger partial charge >= 0.3 is 0 Å². The Bertz CT molecular complexity index is 444. The van der Waals surface area contributed by atoms with Gasteiger partial charge in [-0.15, -0.1) is 0 Å². The summed E-state index contributed by atoms with van der Waals surface area (Å²) in [5.41, 5.74) is 7.71. The summed E-state index contributed by atoms with van der Waals surface area (Å²) in [6.07, 6.45) is 3.52. The molecule has 2 unspecified atom stereocenters. The van der Waals surface area contributed by atoms with Crippen molar-refractivity contribution >= 4 is 0 Å². The highest BCUT2D eigenvalue weighted by Gasteiger charge is 2.33. The molecule has 0 heterocycles. The highest BCUT2D eigenvalue weighted by molar-refractivity contribution is 5.16. The molecule has 0 aromatic heterocycles. The normalized spacial score (nSPS) is 25.9. The van der Waals surface area contributed by atoms with Crippen LogP contribution < -0.4 is 5.73 Å². The Morgan fingerprint density at radius 2 is 2.15 bits per heavy atom. The Morgan fingerprint density at radius 3 is 2.85 bits per heavy atom. The van der Waals surface area contributed by atoms with Gasteiger partial charge < -0.3 is 10.6 Å². The van der Waals surface area contributed by atoms with Crippen molar-refractivity contribution in [3.05, 3.63) is 35.6 Å². The Hall–Kier alpha value is -0.930. The number of hydrogen-bond donors (Lipinski definition) is 1. The second-order valence-corrected chi connectivity index (χ2v) is 7.16. The fraction of sp³-hybridized carbons (Fsp3) is 0.647. The van der Waals surface area contributed by atoms with Crippen LogP contribution in [0.15, 0.2) is 24.3 Å². The van der Waals surface area contributed by atoms with Gasteiger partial charge in [0.2, 0.25) is 0 Å². The molecule has 0 radical (unpaired) electrons. The first-order valence-corrected chi connectivity index (χ1v) is 7.54. The van der Waals surface area contributed by atoms with Gasteiger partial charge in [0.25, 0.3) is 0 Å². The Labute approximate surface area is 122 Å². The smallest absolute Gasteiger partial charge is 0.123 e. The second-order valence-electron chi connectivity index (χ2n) is 7.16. The van der Waals surface area contributed by atoms with Gasteiger partial charge in [0.05, 0.1) is 0 Å². The van der Waals surface area contributed by atoms with Crippen molar-refractivity contribution in [3.63, 3.8) is 0 Å². The lowest BCUT2D eigenvalue weighted by molar-refractivity contribution is 0.122. The zero-order valence-corrected chi connectivity index (χ0v) is 12.9. The molecule has 1 aliphatic carbocycles. The minimum atomic E-state index is -0.161. The van der Waals surface area contributed by atoms with Crippen molar-refractivity contribution in [2.24, 2.45) is 17.1 Å². The van der Waals surface area contributed by atoms with Gasteiger partial charge in [0.15, 0.2) is 0 Å². The minimum Gasteiger partial charge on any atom is -0.327 e. The summed E-state index contributed by atoms with van der Waals surface area (Å²) in [4.78, 5) is 2.26. The quantitative estimate of drug-likeness (QED) is 0.914. The number of hydrogen-bond acceptors (Lipinski definition) is 2. The summed E-state index contributed by atoms with van der Waals surface area (Å²) in [5, 5.41) is 0. The van der Waals surface area contributed by atoms with Crippen LogP contribution in [0, 0.1) is 17.2 Å². The molecule has 0 saturated heterocycles. The number of halogens is 1. The molecule has 0 aliphatic heterocycles. The van der Waals surface area contributed by atoms with E-state index in [0.717, 1.165) is 25.1 Å². The van der Waals surface area contributed by atoms with Crippen molar-refractivity contribution < 1.29 is 4.39 Å². The van der Waals surface area contributed by atoms with Gasteiger partial charge in [0.1, 0.15) is 5.82 Å². The summed E-state index contributed by atoms with van der Waals surface area (Å²) in [7, 11) is 2.10. The standard InChI is InChI=1S/C17H27FN2/c1-17(2)8-7-16(19)14(10-17)12-20(3)11-13-5-4-6-15(18)9-13/h4-6,9,14,16H,7-8,10-12,19H2,1-3H3. The van der Waals surface area contributed by atoms with E-state index in [4.69, 9.17) is 5.73 Å². The van der Waals surface area contributed by atoms with Gasteiger partial charge in [-0.05, 0) is 55.3 Å². The average Bonchev–Trinajstić information content (AvgIpc) is 2.33. The fourth-order valence-electron chi connectivity index (χ4n) is 3.37. The summed E-state index contributed by atoms with van der Waals surface area (Å²) in [6.45, 7) is 6.43. The van der Waals surface area contributed by atoms with E-state index in [2.05, 4.69) is 25.8 Å². The SMILES string of the molecule is CN(Cc1cccc(F)c1)CC1CC(C)(C)CCC1N. The van der Waals surface area contributed by atoms with Gasteiger partial charge in [-0.2, -0.15) is 0 Å². The van der Waals surface area contributed by atoms with E-state index < -0.39 is 0 Å². The first-order valence-electron chi connectivity index (χ1n) is 7.54. The predicted octanol–water partition coefficient (Wildman–Crippen LogP) is 3.41. The predicted molar refractivity (Wildman–Crippen MR) is 81.8 cm³/mol. The van der Waals surface area contributed by atoms with E-state index in [1.54, 1.807) is 12.1 Å². The maximum Gasteiger partial charge on any atom is 0.123 e. The van der Waals surface area contributed by atoms with Gasteiger partial charge in [-0.3, -0.25) is 0 Å². The van der Waals surface area contributed by atoms with Crippen LogP contribution in [0.4, 0.5) is 4.39 Å². The molecular weight excluding hydrogens is 251 g/mol. The number of rotatable bonds is 4. The van der Waals surface area contributed by atoms with Crippen LogP contribution in [-0.2, 0) is 6.54 Å². The largest absolute Gasteiger partial charge is 0.327 e. The van der Waals surface area contributed by atoms with Crippen molar-refractivity contribution in [2.75, 3.05) is 13.6 Å². The summed E-state index contributed by atoms with van der Waals surface area (Å²) in [6, 6.07) is 7.15. The minimum absolute atomic E-state index is 0.161. The molecule has 1 aromatic rings. The monoisotopic (exact) mass is 278 g/mol. The third-order valence-electron chi connectivity index (χ3n) is 4.46. The number of nitrogens with zero attached hydrogens (tertiary/aromatic N) is 1. The molecule has 1 aliphatic rings. The molecule has 0 bridgehead atoms. The molecule has 1 aromatic carbocycles. The Kier molecular flexibility index (Phi) is 4.82. The van der Waals surface area contributed by atoms with Crippen LogP contribution in [-0.4, -0.2) is 24.5 Å². The van der Waals surface area contributed by atoms with Crippen molar-refractivity contribution in [1.82, 2.24) is 4.90 Å². The fourth-order valence-corrected chi connectivity index (χ4v) is 3.37. The lowest BCUT2D eigenvalue weighted by atomic mass is 9.70. The molecule has 0 spiro atoms. The van der Waals surface area contributed by atoms with Crippen molar-refractivity contribution in [1.29, 1.82) is 0 Å². The Balaban J connectivity index is 1.91. The molecule has 2 atom stereocenters. The summed E-state index contributed by atoms with van der Waals surface area (Å²) >= 11 is 0. The average molecular weight is 278 g/mol. The lowest BCUT2D eigenvalue weighted by Gasteiger charge is -2.40. The molecule has 2 rings (SSSR count). The molecule has 2 nitrogen and oxygen atoms in total. The number of nitrogens with two attached hydrogens (primary N) is 1. The van der Waals surface area contributed by atoms with E-state index in [0.29, 0.717) is 17.4 Å². The lowest BCUT2D eigenvalue weighted by Crippen LogP contribution is -2.44. The molecule has 20 heavy (non-hydrogen) atoms. The van der Waals surface area contributed by atoms with Crippen molar-refractivity contribution in [3.8, 4) is 0 Å². The molecule has 112 valence electrons.